The molecule has 2 heterocycles. The summed E-state index contributed by atoms with van der Waals surface area (Å²) in [5.41, 5.74) is -4.35. The molecule has 43 heavy (non-hydrogen) atoms. The van der Waals surface area contributed by atoms with Crippen molar-refractivity contribution in [2.24, 2.45) is 5.92 Å². The first kappa shape index (κ1) is 30.6. The molecule has 14 heteroatoms. The minimum Gasteiger partial charge on any atom is -0.378 e. The maximum absolute atomic E-state index is 15.1. The van der Waals surface area contributed by atoms with Gasteiger partial charge < -0.3 is 10.4 Å². The van der Waals surface area contributed by atoms with Gasteiger partial charge in [0.1, 0.15) is 41.1 Å². The van der Waals surface area contributed by atoms with Crippen molar-refractivity contribution in [2.75, 3.05) is 0 Å². The van der Waals surface area contributed by atoms with Crippen LogP contribution in [0.25, 0.3) is 0 Å². The van der Waals surface area contributed by atoms with E-state index in [0.29, 0.717) is 15.2 Å². The summed E-state index contributed by atoms with van der Waals surface area (Å²) in [6.45, 7) is 1.86. The number of fused-ring (bicyclic) bond motifs is 3. The average Bonchev–Trinajstić information content (AvgIpc) is 3.27. The second kappa shape index (κ2) is 10.7. The third-order valence-corrected chi connectivity index (χ3v) is 7.36. The maximum atomic E-state index is 15.1. The molecule has 5 rings (SSSR count). The van der Waals surface area contributed by atoms with E-state index in [-0.39, 0.29) is 23.4 Å². The van der Waals surface area contributed by atoms with Crippen molar-refractivity contribution in [3.63, 3.8) is 0 Å². The van der Waals surface area contributed by atoms with Crippen LogP contribution in [-0.2, 0) is 29.9 Å². The molecule has 0 saturated heterocycles. The molecule has 2 aliphatic rings. The van der Waals surface area contributed by atoms with Gasteiger partial charge in [0.2, 0.25) is 5.91 Å². The Labute approximate surface area is 248 Å². The molecule has 0 aliphatic heterocycles. The molecule has 3 aromatic rings. The number of hydrogen-bond acceptors (Lipinski definition) is 4. The van der Waals surface area contributed by atoms with E-state index >= 15 is 8.78 Å². The molecule has 2 aliphatic carbocycles. The Hall–Kier alpha value is -3.88. The first-order valence-corrected chi connectivity index (χ1v) is 13.5. The summed E-state index contributed by atoms with van der Waals surface area (Å²) in [4.78, 5) is 17.6. The van der Waals surface area contributed by atoms with Crippen LogP contribution in [0.4, 0.5) is 30.7 Å². The fourth-order valence-corrected chi connectivity index (χ4v) is 5.42. The number of alkyl halides is 5. The SMILES string of the molecule is CC(C)(O)C#Cc1ccc(Br)c([C@H](Cc2cc(F)cc(F)c2)NC(=O)Cn2nc(C(F)(F)F)c3c2C(F)(F)[C@@H]2C#C[C@H]32)n1. The Bertz CT molecular complexity index is 1740. The fraction of sp³-hybridized carbons (Fsp3) is 0.345. The van der Waals surface area contributed by atoms with Crippen molar-refractivity contribution in [1.29, 1.82) is 0 Å². The lowest BCUT2D eigenvalue weighted by molar-refractivity contribution is -0.142. The van der Waals surface area contributed by atoms with Crippen molar-refractivity contribution in [1.82, 2.24) is 20.1 Å². The Morgan fingerprint density at radius 3 is 2.44 bits per heavy atom. The van der Waals surface area contributed by atoms with Crippen LogP contribution in [-0.4, -0.2) is 31.4 Å². The van der Waals surface area contributed by atoms with Crippen LogP contribution in [0, 0.1) is 41.2 Å². The van der Waals surface area contributed by atoms with Gasteiger partial charge in [0.25, 0.3) is 0 Å². The predicted octanol–water partition coefficient (Wildman–Crippen LogP) is 5.38. The number of nitrogens with zero attached hydrogens (tertiary/aromatic N) is 3. The molecule has 3 atom stereocenters. The van der Waals surface area contributed by atoms with Crippen molar-refractivity contribution < 1.29 is 40.6 Å². The Morgan fingerprint density at radius 2 is 1.86 bits per heavy atom. The number of amides is 1. The van der Waals surface area contributed by atoms with Crippen LogP contribution < -0.4 is 5.32 Å². The number of rotatable bonds is 6. The number of hydrogen-bond donors (Lipinski definition) is 2. The molecular weight excluding hydrogens is 649 g/mol. The van der Waals surface area contributed by atoms with Crippen LogP contribution in [0.15, 0.2) is 34.8 Å². The summed E-state index contributed by atoms with van der Waals surface area (Å²) < 4.78 is 100. The second-order valence-electron chi connectivity index (χ2n) is 10.6. The molecule has 6 nitrogen and oxygen atoms in total. The highest BCUT2D eigenvalue weighted by Gasteiger charge is 2.62. The van der Waals surface area contributed by atoms with Gasteiger partial charge in [0.15, 0.2) is 5.69 Å². The van der Waals surface area contributed by atoms with E-state index in [0.717, 1.165) is 12.1 Å². The first-order chi connectivity index (χ1) is 19.9. The zero-order chi connectivity index (χ0) is 31.5. The van der Waals surface area contributed by atoms with Crippen molar-refractivity contribution >= 4 is 21.8 Å². The first-order valence-electron chi connectivity index (χ1n) is 12.7. The molecule has 1 aromatic carbocycles. The summed E-state index contributed by atoms with van der Waals surface area (Å²) in [5, 5.41) is 15.8. The minimum atomic E-state index is -5.07. The van der Waals surface area contributed by atoms with Crippen molar-refractivity contribution in [3.8, 4) is 23.7 Å². The van der Waals surface area contributed by atoms with Gasteiger partial charge in [-0.2, -0.15) is 27.1 Å². The van der Waals surface area contributed by atoms with Crippen LogP contribution in [0.1, 0.15) is 59.7 Å². The van der Waals surface area contributed by atoms with Gasteiger partial charge in [-0.1, -0.05) is 17.8 Å². The fourth-order valence-electron chi connectivity index (χ4n) is 4.93. The molecule has 0 saturated carbocycles. The highest BCUT2D eigenvalue weighted by molar-refractivity contribution is 9.10. The van der Waals surface area contributed by atoms with Crippen molar-refractivity contribution in [2.45, 2.75) is 56.5 Å². The van der Waals surface area contributed by atoms with Crippen molar-refractivity contribution in [3.05, 3.63) is 80.3 Å². The number of aliphatic hydroxyl groups is 1. The standard InChI is InChI=1S/C29H20BrF7N4O2/c1-27(2,43)8-7-17-3-6-20(30)24(38-17)21(11-14-9-15(31)12-16(32)10-14)39-22(42)13-41-26-23(25(40-41)29(35,36)37)18-4-5-19(18)28(26,33)34/h3,6,9-10,12,18-19,21,43H,11,13H2,1-2H3,(H,39,42)/t18-,19+,21-/m0/s1. The van der Waals surface area contributed by atoms with Gasteiger partial charge in [-0.05, 0) is 71.9 Å². The number of halogens is 8. The molecule has 0 unspecified atom stereocenters. The third-order valence-electron chi connectivity index (χ3n) is 6.69. The van der Waals surface area contributed by atoms with Crippen LogP contribution >= 0.6 is 15.9 Å². The molecule has 2 aromatic heterocycles. The van der Waals surface area contributed by atoms with Gasteiger partial charge in [-0.15, -0.1) is 0 Å². The normalized spacial score (nSPS) is 18.8. The number of pyridine rings is 1. The largest absolute Gasteiger partial charge is 0.435 e. The zero-order valence-electron chi connectivity index (χ0n) is 22.3. The highest BCUT2D eigenvalue weighted by atomic mass is 79.9. The lowest BCUT2D eigenvalue weighted by atomic mass is 9.84. The third kappa shape index (κ3) is 6.12. The number of carbonyl (C=O) groups is 1. The molecule has 224 valence electrons. The van der Waals surface area contributed by atoms with Gasteiger partial charge in [0, 0.05) is 16.1 Å². The molecule has 1 amide bonds. The van der Waals surface area contributed by atoms with Gasteiger partial charge >= 0.3 is 12.1 Å². The Balaban J connectivity index is 1.51. The quantitative estimate of drug-likeness (QED) is 0.273. The second-order valence-corrected chi connectivity index (χ2v) is 11.5. The molecule has 0 spiro atoms. The zero-order valence-corrected chi connectivity index (χ0v) is 23.8. The maximum Gasteiger partial charge on any atom is 0.435 e. The van der Waals surface area contributed by atoms with Crippen LogP contribution in [0.3, 0.4) is 0 Å². The molecular formula is C29H20BrF7N4O2. The highest BCUT2D eigenvalue weighted by Crippen LogP contribution is 2.58. The van der Waals surface area contributed by atoms with E-state index in [1.54, 1.807) is 0 Å². The minimum absolute atomic E-state index is 0.0871. The lowest BCUT2D eigenvalue weighted by Gasteiger charge is -2.24. The van der Waals surface area contributed by atoms with Gasteiger partial charge in [-0.3, -0.25) is 9.48 Å². The summed E-state index contributed by atoms with van der Waals surface area (Å²) >= 11 is 3.31. The van der Waals surface area contributed by atoms with E-state index in [4.69, 9.17) is 0 Å². The Morgan fingerprint density at radius 1 is 1.19 bits per heavy atom. The van der Waals surface area contributed by atoms with Gasteiger partial charge in [-0.25, -0.2) is 13.8 Å². The lowest BCUT2D eigenvalue weighted by Crippen LogP contribution is -2.36. The van der Waals surface area contributed by atoms with E-state index in [1.165, 1.54) is 26.0 Å². The number of aromatic nitrogens is 3. The van der Waals surface area contributed by atoms with Crippen LogP contribution in [0.5, 0.6) is 0 Å². The van der Waals surface area contributed by atoms with Gasteiger partial charge in [0.05, 0.1) is 17.7 Å². The topological polar surface area (TPSA) is 80.0 Å². The summed E-state index contributed by atoms with van der Waals surface area (Å²) in [5.74, 6) is 0.160. The summed E-state index contributed by atoms with van der Waals surface area (Å²) in [7, 11) is 0. The Kier molecular flexibility index (Phi) is 7.60. The van der Waals surface area contributed by atoms with E-state index < -0.39 is 76.6 Å². The summed E-state index contributed by atoms with van der Waals surface area (Å²) in [6, 6.07) is 4.52. The number of benzene rings is 1. The van der Waals surface area contributed by atoms with E-state index in [1.807, 2.05) is 0 Å². The summed E-state index contributed by atoms with van der Waals surface area (Å²) in [6.07, 6.45) is -5.33. The molecule has 2 N–H and O–H groups in total. The van der Waals surface area contributed by atoms with E-state index in [2.05, 4.69) is 55.0 Å². The van der Waals surface area contributed by atoms with Crippen LogP contribution in [0.2, 0.25) is 0 Å². The monoisotopic (exact) mass is 668 g/mol. The molecule has 0 bridgehead atoms. The average molecular weight is 669 g/mol. The number of carbonyl (C=O) groups excluding carboxylic acids is 1. The number of nitrogens with one attached hydrogen (secondary N) is 1. The molecule has 0 radical (unpaired) electrons. The molecule has 0 fully saturated rings. The van der Waals surface area contributed by atoms with E-state index in [9.17, 15) is 31.9 Å². The smallest absolute Gasteiger partial charge is 0.378 e. The predicted molar refractivity (Wildman–Crippen MR) is 141 cm³/mol.